The Hall–Kier alpha value is -3.15. The molecular weight excluding hydrogens is 366 g/mol. The van der Waals surface area contributed by atoms with Gasteiger partial charge in [0.1, 0.15) is 17.5 Å². The van der Waals surface area contributed by atoms with Gasteiger partial charge in [-0.2, -0.15) is 0 Å². The molecule has 1 atom stereocenters. The van der Waals surface area contributed by atoms with Crippen LogP contribution >= 0.6 is 0 Å². The molecule has 0 spiro atoms. The van der Waals surface area contributed by atoms with Crippen molar-refractivity contribution in [1.82, 2.24) is 5.32 Å². The van der Waals surface area contributed by atoms with Gasteiger partial charge in [0, 0.05) is 6.54 Å². The molecule has 0 aromatic heterocycles. The lowest BCUT2D eigenvalue weighted by Crippen LogP contribution is -2.41. The van der Waals surface area contributed by atoms with E-state index in [1.54, 1.807) is 0 Å². The van der Waals surface area contributed by atoms with Crippen molar-refractivity contribution in [2.75, 3.05) is 13.7 Å². The maximum Gasteiger partial charge on any atom is 0.325 e. The SMILES string of the molecule is COC(=O)C(COCc1ccccc1)NCc1ccc(Oc2ccccc2)cc1. The summed E-state index contributed by atoms with van der Waals surface area (Å²) in [5, 5.41) is 3.20. The predicted octanol–water partition coefficient (Wildman–Crippen LogP) is 4.33. The average molecular weight is 391 g/mol. The summed E-state index contributed by atoms with van der Waals surface area (Å²) in [5.41, 5.74) is 2.09. The molecule has 3 aromatic rings. The van der Waals surface area contributed by atoms with Gasteiger partial charge in [-0.25, -0.2) is 0 Å². The van der Waals surface area contributed by atoms with Crippen LogP contribution in [-0.4, -0.2) is 25.7 Å². The minimum absolute atomic E-state index is 0.233. The minimum Gasteiger partial charge on any atom is -0.468 e. The predicted molar refractivity (Wildman–Crippen MR) is 112 cm³/mol. The van der Waals surface area contributed by atoms with Gasteiger partial charge in [-0.1, -0.05) is 60.7 Å². The molecule has 0 fully saturated rings. The second kappa shape index (κ2) is 11.0. The van der Waals surface area contributed by atoms with Crippen molar-refractivity contribution in [1.29, 1.82) is 0 Å². The average Bonchev–Trinajstić information content (AvgIpc) is 2.78. The van der Waals surface area contributed by atoms with Crippen LogP contribution in [0, 0.1) is 0 Å². The summed E-state index contributed by atoms with van der Waals surface area (Å²) in [4.78, 5) is 12.0. The molecule has 0 heterocycles. The fourth-order valence-corrected chi connectivity index (χ4v) is 2.76. The van der Waals surface area contributed by atoms with Crippen LogP contribution in [0.5, 0.6) is 11.5 Å². The normalized spacial score (nSPS) is 11.6. The summed E-state index contributed by atoms with van der Waals surface area (Å²) in [5.74, 6) is 1.21. The number of para-hydroxylation sites is 1. The van der Waals surface area contributed by atoms with Crippen molar-refractivity contribution in [3.63, 3.8) is 0 Å². The van der Waals surface area contributed by atoms with E-state index in [0.717, 1.165) is 22.6 Å². The number of ether oxygens (including phenoxy) is 3. The lowest BCUT2D eigenvalue weighted by Gasteiger charge is -2.17. The standard InChI is InChI=1S/C24H25NO4/c1-27-24(26)23(18-28-17-20-8-4-2-5-9-20)25-16-19-12-14-22(15-13-19)29-21-10-6-3-7-11-21/h2-15,23,25H,16-18H2,1H3. The number of rotatable bonds is 10. The monoisotopic (exact) mass is 391 g/mol. The first-order valence-corrected chi connectivity index (χ1v) is 9.49. The Morgan fingerprint density at radius 3 is 2.10 bits per heavy atom. The second-order valence-corrected chi connectivity index (χ2v) is 6.52. The second-order valence-electron chi connectivity index (χ2n) is 6.52. The quantitative estimate of drug-likeness (QED) is 0.522. The zero-order valence-corrected chi connectivity index (χ0v) is 16.4. The summed E-state index contributed by atoms with van der Waals surface area (Å²) in [6.07, 6.45) is 0. The van der Waals surface area contributed by atoms with E-state index in [4.69, 9.17) is 14.2 Å². The van der Waals surface area contributed by atoms with E-state index in [1.807, 2.05) is 84.9 Å². The van der Waals surface area contributed by atoms with E-state index in [9.17, 15) is 4.79 Å². The summed E-state index contributed by atoms with van der Waals surface area (Å²) >= 11 is 0. The summed E-state index contributed by atoms with van der Waals surface area (Å²) < 4.78 is 16.4. The maximum absolute atomic E-state index is 12.0. The molecular formula is C24H25NO4. The Morgan fingerprint density at radius 1 is 0.828 bits per heavy atom. The molecule has 0 amide bonds. The molecule has 3 aromatic carbocycles. The molecule has 5 nitrogen and oxygen atoms in total. The molecule has 1 N–H and O–H groups in total. The van der Waals surface area contributed by atoms with E-state index in [2.05, 4.69) is 5.32 Å². The van der Waals surface area contributed by atoms with Gasteiger partial charge in [0.15, 0.2) is 0 Å². The Balaban J connectivity index is 1.50. The van der Waals surface area contributed by atoms with Crippen LogP contribution in [-0.2, 0) is 27.4 Å². The molecule has 0 aliphatic rings. The lowest BCUT2D eigenvalue weighted by molar-refractivity contribution is -0.145. The highest BCUT2D eigenvalue weighted by atomic mass is 16.5. The number of hydrogen-bond donors (Lipinski definition) is 1. The van der Waals surface area contributed by atoms with Crippen LogP contribution in [0.1, 0.15) is 11.1 Å². The van der Waals surface area contributed by atoms with Gasteiger partial charge in [-0.05, 0) is 35.4 Å². The fraction of sp³-hybridized carbons (Fsp3) is 0.208. The Kier molecular flexibility index (Phi) is 7.81. The van der Waals surface area contributed by atoms with Gasteiger partial charge in [0.05, 0.1) is 20.3 Å². The minimum atomic E-state index is -0.538. The number of hydrogen-bond acceptors (Lipinski definition) is 5. The van der Waals surface area contributed by atoms with Gasteiger partial charge < -0.3 is 14.2 Å². The van der Waals surface area contributed by atoms with Crippen LogP contribution < -0.4 is 10.1 Å². The zero-order chi connectivity index (χ0) is 20.3. The van der Waals surface area contributed by atoms with Gasteiger partial charge >= 0.3 is 5.97 Å². The number of esters is 1. The Morgan fingerprint density at radius 2 is 1.45 bits per heavy atom. The van der Waals surface area contributed by atoms with Crippen molar-refractivity contribution in [2.45, 2.75) is 19.2 Å². The van der Waals surface area contributed by atoms with E-state index < -0.39 is 6.04 Å². The molecule has 0 saturated heterocycles. The number of nitrogens with one attached hydrogen (secondary N) is 1. The highest BCUT2D eigenvalue weighted by molar-refractivity contribution is 5.75. The molecule has 29 heavy (non-hydrogen) atoms. The number of carbonyl (C=O) groups is 1. The molecule has 0 aliphatic heterocycles. The van der Waals surface area contributed by atoms with Crippen molar-refractivity contribution >= 4 is 5.97 Å². The van der Waals surface area contributed by atoms with E-state index in [1.165, 1.54) is 7.11 Å². The van der Waals surface area contributed by atoms with Crippen molar-refractivity contribution in [3.8, 4) is 11.5 Å². The molecule has 0 aliphatic carbocycles. The van der Waals surface area contributed by atoms with Crippen molar-refractivity contribution in [3.05, 3.63) is 96.1 Å². The first-order valence-electron chi connectivity index (χ1n) is 9.49. The molecule has 5 heteroatoms. The molecule has 0 radical (unpaired) electrons. The largest absolute Gasteiger partial charge is 0.468 e. The van der Waals surface area contributed by atoms with E-state index >= 15 is 0 Å². The maximum atomic E-state index is 12.0. The van der Waals surface area contributed by atoms with Crippen LogP contribution in [0.15, 0.2) is 84.9 Å². The third kappa shape index (κ3) is 6.75. The third-order valence-electron chi connectivity index (χ3n) is 4.34. The molecule has 3 rings (SSSR count). The van der Waals surface area contributed by atoms with Gasteiger partial charge in [-0.3, -0.25) is 10.1 Å². The number of benzene rings is 3. The van der Waals surface area contributed by atoms with Gasteiger partial charge in [-0.15, -0.1) is 0 Å². The Bertz CT molecular complexity index is 866. The van der Waals surface area contributed by atoms with Gasteiger partial charge in [0.25, 0.3) is 0 Å². The molecule has 1 unspecified atom stereocenters. The number of methoxy groups -OCH3 is 1. The van der Waals surface area contributed by atoms with Crippen molar-refractivity contribution in [2.24, 2.45) is 0 Å². The van der Waals surface area contributed by atoms with E-state index in [0.29, 0.717) is 13.2 Å². The zero-order valence-electron chi connectivity index (χ0n) is 16.4. The van der Waals surface area contributed by atoms with Crippen LogP contribution in [0.3, 0.4) is 0 Å². The lowest BCUT2D eigenvalue weighted by atomic mass is 10.2. The third-order valence-corrected chi connectivity index (χ3v) is 4.34. The number of carbonyl (C=O) groups excluding carboxylic acids is 1. The van der Waals surface area contributed by atoms with Crippen LogP contribution in [0.4, 0.5) is 0 Å². The van der Waals surface area contributed by atoms with Crippen molar-refractivity contribution < 1.29 is 19.0 Å². The highest BCUT2D eigenvalue weighted by Crippen LogP contribution is 2.21. The summed E-state index contributed by atoms with van der Waals surface area (Å²) in [6.45, 7) is 1.19. The first kappa shape index (κ1) is 20.6. The van der Waals surface area contributed by atoms with Crippen LogP contribution in [0.2, 0.25) is 0 Å². The van der Waals surface area contributed by atoms with Gasteiger partial charge in [0.2, 0.25) is 0 Å². The molecule has 0 saturated carbocycles. The topological polar surface area (TPSA) is 56.8 Å². The fourth-order valence-electron chi connectivity index (χ4n) is 2.76. The Labute approximate surface area is 171 Å². The first-order chi connectivity index (χ1) is 14.2. The molecule has 0 bridgehead atoms. The molecule has 150 valence electrons. The summed E-state index contributed by atoms with van der Waals surface area (Å²) in [6, 6.07) is 26.7. The van der Waals surface area contributed by atoms with E-state index in [-0.39, 0.29) is 12.6 Å². The highest BCUT2D eigenvalue weighted by Gasteiger charge is 2.18. The van der Waals surface area contributed by atoms with Crippen LogP contribution in [0.25, 0.3) is 0 Å². The smallest absolute Gasteiger partial charge is 0.325 e. The summed E-state index contributed by atoms with van der Waals surface area (Å²) in [7, 11) is 1.38.